The summed E-state index contributed by atoms with van der Waals surface area (Å²) in [4.78, 5) is 2.48. The van der Waals surface area contributed by atoms with E-state index < -0.39 is 0 Å². The number of aryl methyl sites for hydroxylation is 1. The lowest BCUT2D eigenvalue weighted by atomic mass is 9.96. The second-order valence-corrected chi connectivity index (χ2v) is 5.54. The first-order valence-corrected chi connectivity index (χ1v) is 9.38. The van der Waals surface area contributed by atoms with Gasteiger partial charge in [0.1, 0.15) is 0 Å². The van der Waals surface area contributed by atoms with Crippen LogP contribution in [0.2, 0.25) is 0 Å². The van der Waals surface area contributed by atoms with Crippen LogP contribution in [0, 0.1) is 13.8 Å². The first-order valence-electron chi connectivity index (χ1n) is 9.38. The monoisotopic (exact) mass is 326 g/mol. The van der Waals surface area contributed by atoms with Gasteiger partial charge in [-0.25, -0.2) is 0 Å². The summed E-state index contributed by atoms with van der Waals surface area (Å²) in [6.07, 6.45) is 0. The molecule has 1 aliphatic rings. The van der Waals surface area contributed by atoms with Crippen molar-refractivity contribution in [3.63, 3.8) is 0 Å². The lowest BCUT2D eigenvalue weighted by molar-refractivity contribution is 0.589. The zero-order valence-corrected chi connectivity index (χ0v) is 16.3. The molecule has 0 bridgehead atoms. The largest absolute Gasteiger partial charge is 0.369 e. The maximum Gasteiger partial charge on any atom is 0.0376 e. The van der Waals surface area contributed by atoms with Gasteiger partial charge >= 0.3 is 0 Å². The molecule has 0 aromatic heterocycles. The molecule has 0 unspecified atom stereocenters. The van der Waals surface area contributed by atoms with Crippen molar-refractivity contribution in [2.45, 2.75) is 41.5 Å². The van der Waals surface area contributed by atoms with Gasteiger partial charge in [0.15, 0.2) is 0 Å². The van der Waals surface area contributed by atoms with E-state index in [0.29, 0.717) is 0 Å². The molecule has 2 aromatic carbocycles. The summed E-state index contributed by atoms with van der Waals surface area (Å²) >= 11 is 0. The van der Waals surface area contributed by atoms with Crippen LogP contribution in [0.5, 0.6) is 0 Å². The molecule has 24 heavy (non-hydrogen) atoms. The summed E-state index contributed by atoms with van der Waals surface area (Å²) in [5.41, 5.74) is 6.78. The Labute approximate surface area is 148 Å². The summed E-state index contributed by atoms with van der Waals surface area (Å²) in [5.74, 6) is 0. The van der Waals surface area contributed by atoms with E-state index in [1.807, 2.05) is 27.7 Å². The molecule has 1 N–H and O–H groups in total. The Balaban J connectivity index is 0.000000671. The van der Waals surface area contributed by atoms with E-state index >= 15 is 0 Å². The number of hydrogen-bond acceptors (Lipinski definition) is 2. The lowest BCUT2D eigenvalue weighted by Gasteiger charge is -2.30. The number of benzene rings is 2. The minimum Gasteiger partial charge on any atom is -0.369 e. The Bertz CT molecular complexity index is 584. The van der Waals surface area contributed by atoms with Crippen molar-refractivity contribution in [3.8, 4) is 11.1 Å². The fraction of sp³-hybridized carbons (Fsp3) is 0.455. The van der Waals surface area contributed by atoms with E-state index in [2.05, 4.69) is 66.5 Å². The highest BCUT2D eigenvalue weighted by atomic mass is 15.2. The molecular formula is C22H34N2. The maximum absolute atomic E-state index is 3.42. The Morgan fingerprint density at radius 2 is 1.42 bits per heavy atom. The van der Waals surface area contributed by atoms with Crippen molar-refractivity contribution in [2.24, 2.45) is 0 Å². The molecule has 132 valence electrons. The van der Waals surface area contributed by atoms with Gasteiger partial charge in [0.2, 0.25) is 0 Å². The van der Waals surface area contributed by atoms with Gasteiger partial charge in [-0.2, -0.15) is 0 Å². The first-order chi connectivity index (χ1) is 11.8. The molecule has 2 nitrogen and oxygen atoms in total. The molecule has 2 aromatic rings. The van der Waals surface area contributed by atoms with Crippen LogP contribution in [0.3, 0.4) is 0 Å². The summed E-state index contributed by atoms with van der Waals surface area (Å²) in [6.45, 7) is 16.8. The average molecular weight is 327 g/mol. The SMILES string of the molecule is CC.CC.Cc1cc(N2CCNCC2)cc(-c2ccccc2)c1C. The molecule has 1 heterocycles. The Kier molecular flexibility index (Phi) is 9.18. The minimum atomic E-state index is 1.08. The molecule has 0 saturated carbocycles. The fourth-order valence-electron chi connectivity index (χ4n) is 2.86. The third-order valence-electron chi connectivity index (χ3n) is 4.22. The van der Waals surface area contributed by atoms with E-state index in [-0.39, 0.29) is 0 Å². The zero-order chi connectivity index (χ0) is 17.9. The van der Waals surface area contributed by atoms with Gasteiger partial charge in [-0.15, -0.1) is 0 Å². The van der Waals surface area contributed by atoms with Gasteiger partial charge in [-0.05, 0) is 48.2 Å². The second-order valence-electron chi connectivity index (χ2n) is 5.54. The molecule has 0 radical (unpaired) electrons. The summed E-state index contributed by atoms with van der Waals surface area (Å²) in [6, 6.07) is 15.4. The molecule has 1 saturated heterocycles. The van der Waals surface area contributed by atoms with Gasteiger partial charge in [-0.3, -0.25) is 0 Å². The number of piperazine rings is 1. The molecule has 2 heteroatoms. The zero-order valence-electron chi connectivity index (χ0n) is 16.3. The van der Waals surface area contributed by atoms with Crippen LogP contribution in [0.15, 0.2) is 42.5 Å². The van der Waals surface area contributed by atoms with Crippen molar-refractivity contribution in [2.75, 3.05) is 31.1 Å². The molecule has 0 spiro atoms. The highest BCUT2D eigenvalue weighted by molar-refractivity contribution is 5.73. The van der Waals surface area contributed by atoms with Gasteiger partial charge in [0.05, 0.1) is 0 Å². The molecule has 1 fully saturated rings. The number of nitrogens with zero attached hydrogens (tertiary/aromatic N) is 1. The Hall–Kier alpha value is -1.80. The smallest absolute Gasteiger partial charge is 0.0376 e. The molecule has 0 atom stereocenters. The van der Waals surface area contributed by atoms with E-state index in [9.17, 15) is 0 Å². The quantitative estimate of drug-likeness (QED) is 0.791. The number of anilines is 1. The van der Waals surface area contributed by atoms with E-state index in [1.165, 1.54) is 27.9 Å². The highest BCUT2D eigenvalue weighted by Gasteiger charge is 2.13. The summed E-state index contributed by atoms with van der Waals surface area (Å²) in [5, 5.41) is 3.42. The molecule has 0 aliphatic carbocycles. The van der Waals surface area contributed by atoms with Crippen LogP contribution in [0.4, 0.5) is 5.69 Å². The minimum absolute atomic E-state index is 1.08. The number of nitrogens with one attached hydrogen (secondary N) is 1. The van der Waals surface area contributed by atoms with Crippen molar-refractivity contribution in [1.82, 2.24) is 5.32 Å². The van der Waals surface area contributed by atoms with Crippen LogP contribution in [-0.2, 0) is 0 Å². The normalized spacial score (nSPS) is 13.3. The average Bonchev–Trinajstić information content (AvgIpc) is 2.68. The highest BCUT2D eigenvalue weighted by Crippen LogP contribution is 2.30. The lowest BCUT2D eigenvalue weighted by Crippen LogP contribution is -2.43. The maximum atomic E-state index is 3.42. The van der Waals surface area contributed by atoms with Crippen LogP contribution >= 0.6 is 0 Å². The number of rotatable bonds is 2. The predicted molar refractivity (Wildman–Crippen MR) is 109 cm³/mol. The molecule has 1 aliphatic heterocycles. The van der Waals surface area contributed by atoms with Crippen LogP contribution < -0.4 is 10.2 Å². The Morgan fingerprint density at radius 3 is 2.00 bits per heavy atom. The van der Waals surface area contributed by atoms with Gasteiger partial charge in [0, 0.05) is 31.9 Å². The topological polar surface area (TPSA) is 15.3 Å². The Morgan fingerprint density at radius 1 is 0.833 bits per heavy atom. The van der Waals surface area contributed by atoms with Crippen molar-refractivity contribution in [3.05, 3.63) is 53.6 Å². The third-order valence-corrected chi connectivity index (χ3v) is 4.22. The summed E-state index contributed by atoms with van der Waals surface area (Å²) < 4.78 is 0. The standard InChI is InChI=1S/C18H22N2.2C2H6/c1-14-12-17(20-10-8-19-9-11-20)13-18(15(14)2)16-6-4-3-5-7-16;2*1-2/h3-7,12-13,19H,8-11H2,1-2H3;2*1-2H3. The van der Waals surface area contributed by atoms with Crippen LogP contribution in [0.25, 0.3) is 11.1 Å². The molecule has 3 rings (SSSR count). The van der Waals surface area contributed by atoms with Crippen molar-refractivity contribution < 1.29 is 0 Å². The van der Waals surface area contributed by atoms with E-state index in [1.54, 1.807) is 0 Å². The van der Waals surface area contributed by atoms with Crippen molar-refractivity contribution >= 4 is 5.69 Å². The first kappa shape index (κ1) is 20.2. The van der Waals surface area contributed by atoms with Gasteiger partial charge < -0.3 is 10.2 Å². The van der Waals surface area contributed by atoms with Crippen molar-refractivity contribution in [1.29, 1.82) is 0 Å². The van der Waals surface area contributed by atoms with E-state index in [0.717, 1.165) is 26.2 Å². The number of hydrogen-bond donors (Lipinski definition) is 1. The van der Waals surface area contributed by atoms with E-state index in [4.69, 9.17) is 0 Å². The third kappa shape index (κ3) is 5.10. The summed E-state index contributed by atoms with van der Waals surface area (Å²) in [7, 11) is 0. The van der Waals surface area contributed by atoms with Crippen LogP contribution in [0.1, 0.15) is 38.8 Å². The van der Waals surface area contributed by atoms with Gasteiger partial charge in [-0.1, -0.05) is 58.0 Å². The predicted octanol–water partition coefficient (Wildman–Crippen LogP) is 5.43. The fourth-order valence-corrected chi connectivity index (χ4v) is 2.86. The second kappa shape index (κ2) is 10.9. The van der Waals surface area contributed by atoms with Gasteiger partial charge in [0.25, 0.3) is 0 Å². The molecule has 0 amide bonds. The van der Waals surface area contributed by atoms with Crippen LogP contribution in [-0.4, -0.2) is 26.2 Å². The molecular weight excluding hydrogens is 292 g/mol.